The molecule has 3 N–H and O–H groups in total. The topological polar surface area (TPSA) is 72.9 Å². The SMILES string of the molecule is Cn1ncc(C(=O)NCc2ccccc2-c2ccc(Cl)cc2)c1N. The standard InChI is InChI=1S/C18H17ClN4O/c1-23-17(20)16(11-22-23)18(24)21-10-13-4-2-3-5-15(13)12-6-8-14(19)9-7-12/h2-9,11H,10,20H2,1H3,(H,21,24). The molecule has 0 atom stereocenters. The Morgan fingerprint density at radius 3 is 2.58 bits per heavy atom. The average molecular weight is 341 g/mol. The second-order valence-electron chi connectivity index (χ2n) is 5.41. The second kappa shape index (κ2) is 6.76. The van der Waals surface area contributed by atoms with Crippen LogP contribution in [0.25, 0.3) is 11.1 Å². The van der Waals surface area contributed by atoms with Crippen LogP contribution in [0.5, 0.6) is 0 Å². The third-order valence-corrected chi connectivity index (χ3v) is 4.09. The van der Waals surface area contributed by atoms with Crippen LogP contribution in [0.15, 0.2) is 54.7 Å². The van der Waals surface area contributed by atoms with Crippen LogP contribution in [-0.4, -0.2) is 15.7 Å². The van der Waals surface area contributed by atoms with Crippen molar-refractivity contribution in [3.8, 4) is 11.1 Å². The fourth-order valence-electron chi connectivity index (χ4n) is 2.48. The van der Waals surface area contributed by atoms with Crippen molar-refractivity contribution in [2.45, 2.75) is 6.54 Å². The number of carbonyl (C=O) groups excluding carboxylic acids is 1. The number of aromatic nitrogens is 2. The summed E-state index contributed by atoms with van der Waals surface area (Å²) >= 11 is 5.95. The van der Waals surface area contributed by atoms with Gasteiger partial charge in [-0.2, -0.15) is 5.10 Å². The Kier molecular flexibility index (Phi) is 4.53. The van der Waals surface area contributed by atoms with Gasteiger partial charge in [0.15, 0.2) is 0 Å². The number of nitrogens with two attached hydrogens (primary N) is 1. The summed E-state index contributed by atoms with van der Waals surface area (Å²) in [6, 6.07) is 15.5. The van der Waals surface area contributed by atoms with E-state index in [-0.39, 0.29) is 5.91 Å². The molecule has 0 fully saturated rings. The van der Waals surface area contributed by atoms with Crippen LogP contribution < -0.4 is 11.1 Å². The number of hydrogen-bond acceptors (Lipinski definition) is 3. The van der Waals surface area contributed by atoms with Gasteiger partial charge in [0.1, 0.15) is 11.4 Å². The molecule has 0 radical (unpaired) electrons. The number of aryl methyl sites for hydroxylation is 1. The zero-order valence-electron chi connectivity index (χ0n) is 13.2. The van der Waals surface area contributed by atoms with Gasteiger partial charge in [-0.25, -0.2) is 0 Å². The summed E-state index contributed by atoms with van der Waals surface area (Å²) in [5, 5.41) is 7.57. The van der Waals surface area contributed by atoms with Gasteiger partial charge in [0, 0.05) is 18.6 Å². The van der Waals surface area contributed by atoms with Gasteiger partial charge in [-0.3, -0.25) is 9.48 Å². The van der Waals surface area contributed by atoms with E-state index in [0.717, 1.165) is 16.7 Å². The van der Waals surface area contributed by atoms with Crippen LogP contribution in [0.4, 0.5) is 5.82 Å². The summed E-state index contributed by atoms with van der Waals surface area (Å²) in [5.41, 5.74) is 9.32. The van der Waals surface area contributed by atoms with E-state index in [9.17, 15) is 4.79 Å². The van der Waals surface area contributed by atoms with Gasteiger partial charge < -0.3 is 11.1 Å². The highest BCUT2D eigenvalue weighted by Gasteiger charge is 2.14. The molecule has 0 saturated heterocycles. The van der Waals surface area contributed by atoms with Gasteiger partial charge in [-0.1, -0.05) is 48.0 Å². The van der Waals surface area contributed by atoms with E-state index >= 15 is 0 Å². The van der Waals surface area contributed by atoms with Crippen molar-refractivity contribution in [2.24, 2.45) is 7.05 Å². The lowest BCUT2D eigenvalue weighted by Crippen LogP contribution is -2.23. The molecule has 122 valence electrons. The molecule has 24 heavy (non-hydrogen) atoms. The number of nitrogens with one attached hydrogen (secondary N) is 1. The number of nitrogen functional groups attached to an aromatic ring is 1. The Morgan fingerprint density at radius 2 is 1.92 bits per heavy atom. The van der Waals surface area contributed by atoms with Crippen molar-refractivity contribution in [3.63, 3.8) is 0 Å². The highest BCUT2D eigenvalue weighted by atomic mass is 35.5. The minimum Gasteiger partial charge on any atom is -0.383 e. The Bertz CT molecular complexity index is 871. The van der Waals surface area contributed by atoms with Crippen molar-refractivity contribution in [1.82, 2.24) is 15.1 Å². The quantitative estimate of drug-likeness (QED) is 0.765. The molecule has 1 heterocycles. The van der Waals surface area contributed by atoms with Crippen molar-refractivity contribution >= 4 is 23.3 Å². The molecule has 0 aliphatic heterocycles. The molecule has 0 spiro atoms. The molecular weight excluding hydrogens is 324 g/mol. The molecule has 0 unspecified atom stereocenters. The zero-order chi connectivity index (χ0) is 17.1. The number of benzene rings is 2. The van der Waals surface area contributed by atoms with Crippen LogP contribution in [0.2, 0.25) is 5.02 Å². The first-order valence-electron chi connectivity index (χ1n) is 7.46. The molecule has 3 aromatic rings. The molecule has 2 aromatic carbocycles. The number of nitrogens with zero attached hydrogens (tertiary/aromatic N) is 2. The largest absolute Gasteiger partial charge is 0.383 e. The summed E-state index contributed by atoms with van der Waals surface area (Å²) in [5.74, 6) is 0.102. The van der Waals surface area contributed by atoms with Crippen molar-refractivity contribution in [1.29, 1.82) is 0 Å². The Balaban J connectivity index is 1.80. The normalized spacial score (nSPS) is 10.6. The van der Waals surface area contributed by atoms with Crippen LogP contribution in [0, 0.1) is 0 Å². The maximum Gasteiger partial charge on any atom is 0.256 e. The predicted octanol–water partition coefficient (Wildman–Crippen LogP) is 3.25. The van der Waals surface area contributed by atoms with E-state index in [1.54, 1.807) is 7.05 Å². The van der Waals surface area contributed by atoms with E-state index in [4.69, 9.17) is 17.3 Å². The van der Waals surface area contributed by atoms with Crippen LogP contribution in [0.3, 0.4) is 0 Å². The molecule has 5 nitrogen and oxygen atoms in total. The third kappa shape index (κ3) is 3.26. The number of carbonyl (C=O) groups is 1. The van der Waals surface area contributed by atoms with Gasteiger partial charge in [-0.15, -0.1) is 0 Å². The molecule has 0 aliphatic carbocycles. The van der Waals surface area contributed by atoms with E-state index in [0.29, 0.717) is 22.9 Å². The lowest BCUT2D eigenvalue weighted by atomic mass is 10.00. The van der Waals surface area contributed by atoms with Crippen molar-refractivity contribution in [2.75, 3.05) is 5.73 Å². The maximum absolute atomic E-state index is 12.3. The van der Waals surface area contributed by atoms with Crippen LogP contribution in [0.1, 0.15) is 15.9 Å². The van der Waals surface area contributed by atoms with Crippen molar-refractivity contribution in [3.05, 3.63) is 70.9 Å². The molecule has 0 aliphatic rings. The molecule has 0 bridgehead atoms. The van der Waals surface area contributed by atoms with E-state index in [1.807, 2.05) is 48.5 Å². The molecule has 0 saturated carbocycles. The van der Waals surface area contributed by atoms with Gasteiger partial charge in [0.2, 0.25) is 0 Å². The fourth-order valence-corrected chi connectivity index (χ4v) is 2.60. The third-order valence-electron chi connectivity index (χ3n) is 3.84. The zero-order valence-corrected chi connectivity index (χ0v) is 13.9. The minimum atomic E-state index is -0.244. The number of amides is 1. The Labute approximate surface area is 145 Å². The van der Waals surface area contributed by atoms with Gasteiger partial charge >= 0.3 is 0 Å². The molecular formula is C18H17ClN4O. The minimum absolute atomic E-state index is 0.244. The second-order valence-corrected chi connectivity index (χ2v) is 5.85. The Morgan fingerprint density at radius 1 is 1.21 bits per heavy atom. The van der Waals surface area contributed by atoms with E-state index < -0.39 is 0 Å². The first-order chi connectivity index (χ1) is 11.6. The van der Waals surface area contributed by atoms with E-state index in [1.165, 1.54) is 10.9 Å². The molecule has 1 amide bonds. The number of rotatable bonds is 4. The van der Waals surface area contributed by atoms with E-state index in [2.05, 4.69) is 10.4 Å². The highest BCUT2D eigenvalue weighted by molar-refractivity contribution is 6.30. The molecule has 1 aromatic heterocycles. The first kappa shape index (κ1) is 16.1. The highest BCUT2D eigenvalue weighted by Crippen LogP contribution is 2.25. The monoisotopic (exact) mass is 340 g/mol. The number of hydrogen-bond donors (Lipinski definition) is 2. The van der Waals surface area contributed by atoms with Crippen LogP contribution >= 0.6 is 11.6 Å². The van der Waals surface area contributed by atoms with Gasteiger partial charge in [0.05, 0.1) is 6.20 Å². The van der Waals surface area contributed by atoms with Crippen molar-refractivity contribution < 1.29 is 4.79 Å². The predicted molar refractivity (Wildman–Crippen MR) is 95.7 cm³/mol. The van der Waals surface area contributed by atoms with Crippen LogP contribution in [-0.2, 0) is 13.6 Å². The maximum atomic E-state index is 12.3. The fraction of sp³-hybridized carbons (Fsp3) is 0.111. The average Bonchev–Trinajstić information content (AvgIpc) is 2.93. The number of anilines is 1. The Hall–Kier alpha value is -2.79. The summed E-state index contributed by atoms with van der Waals surface area (Å²) in [7, 11) is 1.70. The lowest BCUT2D eigenvalue weighted by molar-refractivity contribution is 0.0952. The summed E-state index contributed by atoms with van der Waals surface area (Å²) in [4.78, 5) is 12.3. The first-order valence-corrected chi connectivity index (χ1v) is 7.83. The van der Waals surface area contributed by atoms with Gasteiger partial charge in [-0.05, 0) is 28.8 Å². The lowest BCUT2D eigenvalue weighted by Gasteiger charge is -2.11. The summed E-state index contributed by atoms with van der Waals surface area (Å²) < 4.78 is 1.47. The summed E-state index contributed by atoms with van der Waals surface area (Å²) in [6.45, 7) is 0.395. The smallest absolute Gasteiger partial charge is 0.256 e. The summed E-state index contributed by atoms with van der Waals surface area (Å²) in [6.07, 6.45) is 1.47. The van der Waals surface area contributed by atoms with Gasteiger partial charge in [0.25, 0.3) is 5.91 Å². The molecule has 3 rings (SSSR count). The number of halogens is 1. The molecule has 6 heteroatoms.